The Morgan fingerprint density at radius 2 is 2.00 bits per heavy atom. The van der Waals surface area contributed by atoms with Crippen molar-refractivity contribution in [3.05, 3.63) is 60.0 Å². The average molecular weight is 465 g/mol. The third-order valence-corrected chi connectivity index (χ3v) is 7.64. The number of sulfone groups is 1. The summed E-state index contributed by atoms with van der Waals surface area (Å²) in [5, 5.41) is 7.10. The van der Waals surface area contributed by atoms with Crippen molar-refractivity contribution < 1.29 is 13.2 Å². The highest BCUT2D eigenvalue weighted by atomic mass is 32.2. The van der Waals surface area contributed by atoms with Crippen LogP contribution in [0.2, 0.25) is 0 Å². The van der Waals surface area contributed by atoms with Crippen LogP contribution < -0.4 is 5.32 Å². The number of hydrogen-bond donors (Lipinski definition) is 1. The number of imidazole rings is 1. The maximum Gasteiger partial charge on any atom is 0.258 e. The predicted molar refractivity (Wildman–Crippen MR) is 126 cm³/mol. The predicted octanol–water partition coefficient (Wildman–Crippen LogP) is 3.14. The molecule has 1 aliphatic rings. The second-order valence-corrected chi connectivity index (χ2v) is 10.7. The number of aromatic nitrogens is 5. The van der Waals surface area contributed by atoms with Crippen LogP contribution >= 0.6 is 0 Å². The number of nitrogens with zero attached hydrogens (tertiary/aromatic N) is 5. The van der Waals surface area contributed by atoms with Crippen LogP contribution in [0.4, 0.5) is 5.95 Å². The van der Waals surface area contributed by atoms with Crippen molar-refractivity contribution in [3.8, 4) is 11.3 Å². The third-order valence-electron chi connectivity index (χ3n) is 5.84. The number of carbonyl (C=O) groups excluding carboxylic acids is 1. The largest absolute Gasteiger partial charge is 0.306 e. The Balaban J connectivity index is 1.52. The van der Waals surface area contributed by atoms with Gasteiger partial charge in [-0.25, -0.2) is 13.4 Å². The molecule has 0 saturated carbocycles. The molecule has 4 aromatic rings. The van der Waals surface area contributed by atoms with Gasteiger partial charge in [-0.15, -0.1) is 0 Å². The van der Waals surface area contributed by atoms with Crippen molar-refractivity contribution in [3.63, 3.8) is 0 Å². The summed E-state index contributed by atoms with van der Waals surface area (Å²) in [6, 6.07) is 10.7. The molecule has 1 aromatic carbocycles. The van der Waals surface area contributed by atoms with Crippen LogP contribution in [-0.4, -0.2) is 50.1 Å². The summed E-state index contributed by atoms with van der Waals surface area (Å²) < 4.78 is 28.2. The van der Waals surface area contributed by atoms with Gasteiger partial charge >= 0.3 is 0 Å². The Morgan fingerprint density at radius 1 is 1.18 bits per heavy atom. The minimum atomic E-state index is -3.14. The molecule has 1 saturated heterocycles. The molecule has 1 fully saturated rings. The third kappa shape index (κ3) is 4.25. The van der Waals surface area contributed by atoms with Gasteiger partial charge in [0.15, 0.2) is 9.84 Å². The van der Waals surface area contributed by atoms with Gasteiger partial charge in [0, 0.05) is 30.1 Å². The number of amides is 1. The van der Waals surface area contributed by atoms with Gasteiger partial charge in [-0.1, -0.05) is 12.1 Å². The highest BCUT2D eigenvalue weighted by Crippen LogP contribution is 2.31. The van der Waals surface area contributed by atoms with E-state index in [4.69, 9.17) is 0 Å². The lowest BCUT2D eigenvalue weighted by molar-refractivity contribution is 0.102. The standard InChI is InChI=1S/C23H24N6O3S/c1-15-10-16(11-20(25-15)17-12-24-28(2)13-17)22(30)27-23-26-19-7-3-4-8-21(19)29(23)18-6-5-9-33(31,32)14-18/h3-4,7-8,10-13,18H,5-6,9,14H2,1-2H3,(H,26,27,30). The fourth-order valence-electron chi connectivity index (χ4n) is 4.38. The van der Waals surface area contributed by atoms with E-state index >= 15 is 0 Å². The first-order valence-corrected chi connectivity index (χ1v) is 12.6. The zero-order chi connectivity index (χ0) is 23.2. The van der Waals surface area contributed by atoms with E-state index in [1.165, 1.54) is 0 Å². The molecule has 1 aliphatic heterocycles. The monoisotopic (exact) mass is 464 g/mol. The van der Waals surface area contributed by atoms with Crippen molar-refractivity contribution in [1.82, 2.24) is 24.3 Å². The van der Waals surface area contributed by atoms with E-state index in [2.05, 4.69) is 20.4 Å². The van der Waals surface area contributed by atoms with E-state index in [0.29, 0.717) is 41.3 Å². The Labute approximate surface area is 191 Å². The number of benzene rings is 1. The molecule has 0 bridgehead atoms. The lowest BCUT2D eigenvalue weighted by Gasteiger charge is -2.25. The zero-order valence-electron chi connectivity index (χ0n) is 18.4. The summed E-state index contributed by atoms with van der Waals surface area (Å²) in [7, 11) is -1.32. The fraction of sp³-hybridized carbons (Fsp3) is 0.304. The van der Waals surface area contributed by atoms with Gasteiger partial charge in [0.1, 0.15) is 0 Å². The zero-order valence-corrected chi connectivity index (χ0v) is 19.2. The van der Waals surface area contributed by atoms with Gasteiger partial charge in [0.05, 0.1) is 40.5 Å². The van der Waals surface area contributed by atoms with Crippen molar-refractivity contribution in [2.75, 3.05) is 16.8 Å². The maximum atomic E-state index is 13.3. The SMILES string of the molecule is Cc1cc(C(=O)Nc2nc3ccccc3n2C2CCCS(=O)(=O)C2)cc(-c2cnn(C)c2)n1. The molecular weight excluding hydrogens is 440 g/mol. The van der Waals surface area contributed by atoms with Crippen LogP contribution in [0.25, 0.3) is 22.3 Å². The van der Waals surface area contributed by atoms with Gasteiger partial charge < -0.3 is 4.57 Å². The Kier molecular flexibility index (Phi) is 5.24. The smallest absolute Gasteiger partial charge is 0.258 e. The number of hydrogen-bond acceptors (Lipinski definition) is 6. The molecule has 10 heteroatoms. The first kappa shape index (κ1) is 21.3. The lowest BCUT2D eigenvalue weighted by atomic mass is 10.1. The Hall–Kier alpha value is -3.53. The number of para-hydroxylation sites is 2. The number of anilines is 1. The molecule has 0 aliphatic carbocycles. The summed E-state index contributed by atoms with van der Waals surface area (Å²) in [5.41, 5.74) is 4.12. The van der Waals surface area contributed by atoms with Crippen LogP contribution in [0.1, 0.15) is 34.9 Å². The van der Waals surface area contributed by atoms with Gasteiger partial charge in [-0.2, -0.15) is 5.10 Å². The Bertz CT molecular complexity index is 1470. The van der Waals surface area contributed by atoms with E-state index < -0.39 is 9.84 Å². The number of pyridine rings is 1. The molecule has 1 amide bonds. The van der Waals surface area contributed by atoms with Crippen molar-refractivity contribution >= 4 is 32.7 Å². The van der Waals surface area contributed by atoms with Gasteiger partial charge in [0.25, 0.3) is 5.91 Å². The normalized spacial score (nSPS) is 17.8. The van der Waals surface area contributed by atoms with E-state index in [-0.39, 0.29) is 23.5 Å². The lowest BCUT2D eigenvalue weighted by Crippen LogP contribution is -2.29. The van der Waals surface area contributed by atoms with Crippen LogP contribution in [0.5, 0.6) is 0 Å². The molecule has 0 spiro atoms. The number of aryl methyl sites for hydroxylation is 2. The van der Waals surface area contributed by atoms with Crippen LogP contribution in [0, 0.1) is 6.92 Å². The topological polar surface area (TPSA) is 112 Å². The quantitative estimate of drug-likeness (QED) is 0.497. The maximum absolute atomic E-state index is 13.3. The van der Waals surface area contributed by atoms with Gasteiger partial charge in [-0.3, -0.25) is 19.8 Å². The summed E-state index contributed by atoms with van der Waals surface area (Å²) in [6.07, 6.45) is 4.84. The second-order valence-electron chi connectivity index (χ2n) is 8.44. The van der Waals surface area contributed by atoms with Crippen LogP contribution in [0.3, 0.4) is 0 Å². The molecule has 9 nitrogen and oxygen atoms in total. The van der Waals surface area contributed by atoms with Gasteiger partial charge in [-0.05, 0) is 44.0 Å². The molecule has 3 aromatic heterocycles. The van der Waals surface area contributed by atoms with Crippen molar-refractivity contribution in [1.29, 1.82) is 0 Å². The van der Waals surface area contributed by atoms with Crippen molar-refractivity contribution in [2.24, 2.45) is 7.05 Å². The minimum Gasteiger partial charge on any atom is -0.306 e. The van der Waals surface area contributed by atoms with Crippen LogP contribution in [-0.2, 0) is 16.9 Å². The Morgan fingerprint density at radius 3 is 2.76 bits per heavy atom. The summed E-state index contributed by atoms with van der Waals surface area (Å²) >= 11 is 0. The van der Waals surface area contributed by atoms with E-state index in [9.17, 15) is 13.2 Å². The molecule has 33 heavy (non-hydrogen) atoms. The molecule has 0 radical (unpaired) electrons. The number of carbonyl (C=O) groups is 1. The van der Waals surface area contributed by atoms with Gasteiger partial charge in [0.2, 0.25) is 5.95 Å². The molecule has 1 N–H and O–H groups in total. The molecule has 5 rings (SSSR count). The number of nitrogens with one attached hydrogen (secondary N) is 1. The first-order chi connectivity index (χ1) is 15.8. The summed E-state index contributed by atoms with van der Waals surface area (Å²) in [5.74, 6) is 0.252. The summed E-state index contributed by atoms with van der Waals surface area (Å²) in [4.78, 5) is 22.4. The highest BCUT2D eigenvalue weighted by Gasteiger charge is 2.29. The summed E-state index contributed by atoms with van der Waals surface area (Å²) in [6.45, 7) is 1.83. The molecule has 170 valence electrons. The molecule has 1 unspecified atom stereocenters. The van der Waals surface area contributed by atoms with E-state index in [1.807, 2.05) is 49.0 Å². The molecule has 1 atom stereocenters. The first-order valence-electron chi connectivity index (χ1n) is 10.8. The number of fused-ring (bicyclic) bond motifs is 1. The minimum absolute atomic E-state index is 0.0374. The number of rotatable bonds is 4. The van der Waals surface area contributed by atoms with Crippen LogP contribution in [0.15, 0.2) is 48.8 Å². The fourth-order valence-corrected chi connectivity index (χ4v) is 6.05. The molecular formula is C23H24N6O3S. The van der Waals surface area contributed by atoms with E-state index in [0.717, 1.165) is 11.1 Å². The van der Waals surface area contributed by atoms with E-state index in [1.54, 1.807) is 23.0 Å². The molecule has 4 heterocycles. The highest BCUT2D eigenvalue weighted by molar-refractivity contribution is 7.91. The van der Waals surface area contributed by atoms with Crippen molar-refractivity contribution in [2.45, 2.75) is 25.8 Å². The average Bonchev–Trinajstić information content (AvgIpc) is 3.35. The second kappa shape index (κ2) is 8.11.